The summed E-state index contributed by atoms with van der Waals surface area (Å²) in [4.78, 5) is 29.6. The molecule has 0 atom stereocenters. The Morgan fingerprint density at radius 1 is 0.966 bits per heavy atom. The summed E-state index contributed by atoms with van der Waals surface area (Å²) in [7, 11) is 3.06. The van der Waals surface area contributed by atoms with Crippen LogP contribution in [-0.4, -0.2) is 24.9 Å². The lowest BCUT2D eigenvalue weighted by Crippen LogP contribution is -2.37. The molecule has 0 aliphatic carbocycles. The molecule has 0 saturated heterocycles. The summed E-state index contributed by atoms with van der Waals surface area (Å²) < 4.78 is 4.20. The number of rotatable bonds is 5. The van der Waals surface area contributed by atoms with Gasteiger partial charge in [0.25, 0.3) is 5.56 Å². The van der Waals surface area contributed by atoms with Gasteiger partial charge in [0.15, 0.2) is 11.2 Å². The first-order valence-electron chi connectivity index (χ1n) is 9.10. The number of benzene rings is 2. The van der Waals surface area contributed by atoms with Crippen molar-refractivity contribution in [3.8, 4) is 0 Å². The van der Waals surface area contributed by atoms with Crippen LogP contribution in [0.15, 0.2) is 75.4 Å². The normalized spacial score (nSPS) is 11.4. The van der Waals surface area contributed by atoms with Crippen LogP contribution in [0.3, 0.4) is 0 Å². The highest BCUT2D eigenvalue weighted by molar-refractivity contribution is 5.80. The van der Waals surface area contributed by atoms with E-state index in [1.807, 2.05) is 60.7 Å². The summed E-state index contributed by atoms with van der Waals surface area (Å²) in [6, 6.07) is 19.4. The Morgan fingerprint density at radius 2 is 1.62 bits per heavy atom. The number of hydrazone groups is 1. The number of anilines is 1. The van der Waals surface area contributed by atoms with Crippen molar-refractivity contribution in [3.05, 3.63) is 92.6 Å². The van der Waals surface area contributed by atoms with Crippen molar-refractivity contribution in [2.24, 2.45) is 19.2 Å². The first kappa shape index (κ1) is 18.4. The number of nitrogens with zero attached hydrogens (tertiary/aromatic N) is 5. The zero-order valence-corrected chi connectivity index (χ0v) is 16.1. The van der Waals surface area contributed by atoms with Crippen molar-refractivity contribution in [2.45, 2.75) is 6.54 Å². The van der Waals surface area contributed by atoms with Gasteiger partial charge in [0.2, 0.25) is 5.95 Å². The molecule has 2 aromatic heterocycles. The lowest BCUT2D eigenvalue weighted by atomic mass is 10.2. The molecule has 4 rings (SSSR count). The highest BCUT2D eigenvalue weighted by Gasteiger charge is 2.19. The second kappa shape index (κ2) is 7.59. The van der Waals surface area contributed by atoms with E-state index in [2.05, 4.69) is 15.5 Å². The molecule has 0 aliphatic heterocycles. The summed E-state index contributed by atoms with van der Waals surface area (Å²) in [5, 5.41) is 4.26. The topological polar surface area (TPSA) is 86.2 Å². The number of fused-ring (bicyclic) bond motifs is 1. The molecule has 2 heterocycles. The molecule has 0 unspecified atom stereocenters. The zero-order valence-electron chi connectivity index (χ0n) is 16.1. The lowest BCUT2D eigenvalue weighted by Gasteiger charge is -2.09. The van der Waals surface area contributed by atoms with E-state index in [0.717, 1.165) is 15.7 Å². The average molecular weight is 388 g/mol. The van der Waals surface area contributed by atoms with Crippen LogP contribution in [0.5, 0.6) is 0 Å². The standard InChI is InChI=1S/C21H20N6O2/c1-25-18-17(19(28)26(2)21(25)29)27(14-16-11-7-4-8-12-16)20(23-18)24-22-13-15-9-5-3-6-10-15/h3-13H,14H2,1-2H3,(H,23,24)/b22-13+. The van der Waals surface area contributed by atoms with Gasteiger partial charge in [-0.3, -0.25) is 18.5 Å². The maximum Gasteiger partial charge on any atom is 0.332 e. The van der Waals surface area contributed by atoms with Crippen LogP contribution in [0, 0.1) is 0 Å². The van der Waals surface area contributed by atoms with Gasteiger partial charge in [0.1, 0.15) is 0 Å². The van der Waals surface area contributed by atoms with Crippen molar-refractivity contribution in [3.63, 3.8) is 0 Å². The number of aryl methyl sites for hydroxylation is 1. The summed E-state index contributed by atoms with van der Waals surface area (Å²) in [6.45, 7) is 0.411. The molecule has 8 nitrogen and oxygen atoms in total. The van der Waals surface area contributed by atoms with Crippen LogP contribution in [0.25, 0.3) is 11.2 Å². The Bertz CT molecular complexity index is 1300. The fourth-order valence-corrected chi connectivity index (χ4v) is 3.16. The van der Waals surface area contributed by atoms with Crippen LogP contribution in [0.1, 0.15) is 11.1 Å². The smallest absolute Gasteiger partial charge is 0.298 e. The van der Waals surface area contributed by atoms with Crippen molar-refractivity contribution < 1.29 is 0 Å². The number of hydrogen-bond donors (Lipinski definition) is 1. The Kier molecular flexibility index (Phi) is 4.82. The lowest BCUT2D eigenvalue weighted by molar-refractivity contribution is 0.702. The Morgan fingerprint density at radius 3 is 2.31 bits per heavy atom. The van der Waals surface area contributed by atoms with Crippen molar-refractivity contribution in [1.29, 1.82) is 0 Å². The molecular weight excluding hydrogens is 368 g/mol. The van der Waals surface area contributed by atoms with E-state index in [4.69, 9.17) is 0 Å². The third-order valence-corrected chi connectivity index (χ3v) is 4.71. The third kappa shape index (κ3) is 3.47. The maximum absolute atomic E-state index is 12.8. The Balaban J connectivity index is 1.84. The van der Waals surface area contributed by atoms with Crippen LogP contribution >= 0.6 is 0 Å². The van der Waals surface area contributed by atoms with Gasteiger partial charge in [-0.2, -0.15) is 10.1 Å². The van der Waals surface area contributed by atoms with Gasteiger partial charge < -0.3 is 0 Å². The van der Waals surface area contributed by atoms with E-state index in [1.165, 1.54) is 11.6 Å². The van der Waals surface area contributed by atoms with Crippen LogP contribution in [-0.2, 0) is 20.6 Å². The molecule has 1 N–H and O–H groups in total. The summed E-state index contributed by atoms with van der Waals surface area (Å²) in [5.41, 5.74) is 4.68. The molecule has 0 bridgehead atoms. The summed E-state index contributed by atoms with van der Waals surface area (Å²) in [5.74, 6) is 0.384. The van der Waals surface area contributed by atoms with Gasteiger partial charge in [-0.25, -0.2) is 10.2 Å². The average Bonchev–Trinajstić information content (AvgIpc) is 3.10. The highest BCUT2D eigenvalue weighted by atomic mass is 16.2. The van der Waals surface area contributed by atoms with E-state index in [9.17, 15) is 9.59 Å². The number of imidazole rings is 1. The molecule has 146 valence electrons. The molecule has 0 aliphatic rings. The van der Waals surface area contributed by atoms with Gasteiger partial charge in [-0.05, 0) is 11.1 Å². The first-order valence-corrected chi connectivity index (χ1v) is 9.10. The molecule has 0 radical (unpaired) electrons. The minimum Gasteiger partial charge on any atom is -0.298 e. The molecule has 0 spiro atoms. The van der Waals surface area contributed by atoms with Crippen molar-refractivity contribution >= 4 is 23.3 Å². The van der Waals surface area contributed by atoms with Gasteiger partial charge >= 0.3 is 5.69 Å². The fourth-order valence-electron chi connectivity index (χ4n) is 3.16. The van der Waals surface area contributed by atoms with Gasteiger partial charge in [0.05, 0.1) is 12.8 Å². The number of hydrogen-bond acceptors (Lipinski definition) is 5. The Hall–Kier alpha value is -3.94. The van der Waals surface area contributed by atoms with Crippen molar-refractivity contribution in [2.75, 3.05) is 5.43 Å². The molecule has 29 heavy (non-hydrogen) atoms. The van der Waals surface area contributed by atoms with Gasteiger partial charge in [-0.15, -0.1) is 0 Å². The van der Waals surface area contributed by atoms with E-state index in [-0.39, 0.29) is 0 Å². The van der Waals surface area contributed by atoms with E-state index in [0.29, 0.717) is 23.7 Å². The molecule has 8 heteroatoms. The van der Waals surface area contributed by atoms with E-state index >= 15 is 0 Å². The fraction of sp³-hybridized carbons (Fsp3) is 0.143. The summed E-state index contributed by atoms with van der Waals surface area (Å²) >= 11 is 0. The molecule has 0 amide bonds. The highest BCUT2D eigenvalue weighted by Crippen LogP contribution is 2.18. The summed E-state index contributed by atoms with van der Waals surface area (Å²) in [6.07, 6.45) is 1.67. The number of aromatic nitrogens is 4. The predicted molar refractivity (Wildman–Crippen MR) is 113 cm³/mol. The van der Waals surface area contributed by atoms with Gasteiger partial charge in [-0.1, -0.05) is 60.7 Å². The minimum atomic E-state index is -0.425. The van der Waals surface area contributed by atoms with E-state index in [1.54, 1.807) is 17.8 Å². The first-order chi connectivity index (χ1) is 14.1. The van der Waals surface area contributed by atoms with Crippen LogP contribution in [0.2, 0.25) is 0 Å². The maximum atomic E-state index is 12.8. The molecule has 0 saturated carbocycles. The molecule has 4 aromatic rings. The minimum absolute atomic E-state index is 0.312. The van der Waals surface area contributed by atoms with Crippen LogP contribution < -0.4 is 16.7 Å². The van der Waals surface area contributed by atoms with E-state index < -0.39 is 11.2 Å². The van der Waals surface area contributed by atoms with Crippen molar-refractivity contribution in [1.82, 2.24) is 18.7 Å². The largest absolute Gasteiger partial charge is 0.332 e. The quantitative estimate of drug-likeness (QED) is 0.418. The zero-order chi connectivity index (χ0) is 20.4. The predicted octanol–water partition coefficient (Wildman–Crippen LogP) is 1.93. The second-order valence-electron chi connectivity index (χ2n) is 6.67. The monoisotopic (exact) mass is 388 g/mol. The SMILES string of the molecule is Cn1c(=O)c2c(nc(N/N=C/c3ccccc3)n2Cc2ccccc2)n(C)c1=O. The van der Waals surface area contributed by atoms with Gasteiger partial charge in [0, 0.05) is 14.1 Å². The molecule has 2 aromatic carbocycles. The second-order valence-corrected chi connectivity index (χ2v) is 6.67. The molecular formula is C21H20N6O2. The molecule has 0 fully saturated rings. The Labute approximate surface area is 166 Å². The third-order valence-electron chi connectivity index (χ3n) is 4.71. The van der Waals surface area contributed by atoms with Crippen LogP contribution in [0.4, 0.5) is 5.95 Å². The number of nitrogens with one attached hydrogen (secondary N) is 1.